The van der Waals surface area contributed by atoms with Gasteiger partial charge in [-0.05, 0) is 48.4 Å². The first-order chi connectivity index (χ1) is 12.0. The molecule has 0 atom stereocenters. The average molecular weight is 362 g/mol. The molecule has 3 rings (SSSR count). The number of hydrogen-bond acceptors (Lipinski definition) is 2. The highest BCUT2D eigenvalue weighted by Crippen LogP contribution is 2.31. The van der Waals surface area contributed by atoms with E-state index in [0.29, 0.717) is 29.4 Å². The summed E-state index contributed by atoms with van der Waals surface area (Å²) in [6.07, 6.45) is 2.29. The van der Waals surface area contributed by atoms with Gasteiger partial charge in [0.05, 0.1) is 12.8 Å². The van der Waals surface area contributed by atoms with Crippen LogP contribution in [0.5, 0.6) is 5.75 Å². The number of fused-ring (bicyclic) bond motifs is 1. The Hall–Kier alpha value is -2.73. The number of primary amides is 1. The number of nitrogens with two attached hydrogens (primary N) is 1. The summed E-state index contributed by atoms with van der Waals surface area (Å²) in [5.74, 6) is 0.185. The van der Waals surface area contributed by atoms with Crippen LogP contribution in [0.3, 0.4) is 0 Å². The predicted octanol–water partition coefficient (Wildman–Crippen LogP) is 4.10. The Kier molecular flexibility index (Phi) is 4.81. The van der Waals surface area contributed by atoms with E-state index in [1.807, 2.05) is 0 Å². The molecule has 0 bridgehead atoms. The lowest BCUT2D eigenvalue weighted by Gasteiger charge is -2.22. The van der Waals surface area contributed by atoms with Crippen LogP contribution in [0.4, 0.5) is 14.9 Å². The maximum Gasteiger partial charge on any atom is 0.319 e. The molecule has 2 aromatic carbocycles. The van der Waals surface area contributed by atoms with Crippen LogP contribution in [0.2, 0.25) is 5.02 Å². The molecular formula is C18H17ClFN3O2. The Morgan fingerprint density at radius 1 is 1.32 bits per heavy atom. The first-order valence-corrected chi connectivity index (χ1v) is 8.03. The number of H-pyrrole nitrogens is 1. The summed E-state index contributed by atoms with van der Waals surface area (Å²) in [6, 6.07) is 8.90. The molecule has 0 aliphatic heterocycles. The van der Waals surface area contributed by atoms with Crippen LogP contribution in [0.1, 0.15) is 5.56 Å². The molecule has 5 nitrogen and oxygen atoms in total. The van der Waals surface area contributed by atoms with Crippen molar-refractivity contribution in [3.63, 3.8) is 0 Å². The Bertz CT molecular complexity index is 926. The lowest BCUT2D eigenvalue weighted by molar-refractivity contribution is 0.253. The van der Waals surface area contributed by atoms with E-state index < -0.39 is 6.03 Å². The molecule has 3 aromatic rings. The summed E-state index contributed by atoms with van der Waals surface area (Å²) in [5.41, 5.74) is 7.76. The van der Waals surface area contributed by atoms with Crippen molar-refractivity contribution in [3.05, 3.63) is 59.0 Å². The number of hydrogen-bond donors (Lipinski definition) is 2. The van der Waals surface area contributed by atoms with Crippen LogP contribution in [0.15, 0.2) is 42.6 Å². The number of rotatable bonds is 5. The number of amides is 2. The Labute approximate surface area is 149 Å². The summed E-state index contributed by atoms with van der Waals surface area (Å²) < 4.78 is 18.8. The maximum absolute atomic E-state index is 13.5. The number of ether oxygens (including phenoxy) is 1. The van der Waals surface area contributed by atoms with E-state index in [2.05, 4.69) is 4.98 Å². The number of methoxy groups -OCH3 is 1. The number of nitrogens with one attached hydrogen (secondary N) is 1. The number of carbonyl (C=O) groups excluding carboxylic acids is 1. The minimum absolute atomic E-state index is 0.301. The molecular weight excluding hydrogens is 345 g/mol. The third-order valence-electron chi connectivity index (χ3n) is 4.03. The smallest absolute Gasteiger partial charge is 0.319 e. The van der Waals surface area contributed by atoms with Crippen molar-refractivity contribution in [1.29, 1.82) is 0 Å². The van der Waals surface area contributed by atoms with Crippen molar-refractivity contribution in [1.82, 2.24) is 4.98 Å². The number of anilines is 1. The molecule has 1 aromatic heterocycles. The molecule has 0 unspecified atom stereocenters. The fourth-order valence-corrected chi connectivity index (χ4v) is 2.98. The molecule has 1 heterocycles. The largest absolute Gasteiger partial charge is 0.495 e. The van der Waals surface area contributed by atoms with E-state index in [4.69, 9.17) is 22.1 Å². The molecule has 130 valence electrons. The number of aromatic amines is 1. The van der Waals surface area contributed by atoms with Gasteiger partial charge in [-0.1, -0.05) is 11.6 Å². The van der Waals surface area contributed by atoms with Gasteiger partial charge in [0.2, 0.25) is 0 Å². The van der Waals surface area contributed by atoms with E-state index >= 15 is 0 Å². The number of nitrogens with zero attached hydrogens (tertiary/aromatic N) is 1. The zero-order valence-electron chi connectivity index (χ0n) is 13.6. The van der Waals surface area contributed by atoms with Gasteiger partial charge >= 0.3 is 6.03 Å². The van der Waals surface area contributed by atoms with E-state index in [1.54, 1.807) is 30.5 Å². The van der Waals surface area contributed by atoms with Crippen molar-refractivity contribution in [3.8, 4) is 5.75 Å². The fraction of sp³-hybridized carbons (Fsp3) is 0.167. The van der Waals surface area contributed by atoms with E-state index in [-0.39, 0.29) is 5.82 Å². The van der Waals surface area contributed by atoms with Crippen LogP contribution in [0.25, 0.3) is 10.9 Å². The van der Waals surface area contributed by atoms with Crippen molar-refractivity contribution in [2.24, 2.45) is 5.73 Å². The molecule has 25 heavy (non-hydrogen) atoms. The fourth-order valence-electron chi connectivity index (χ4n) is 2.81. The second-order valence-electron chi connectivity index (χ2n) is 5.56. The summed E-state index contributed by atoms with van der Waals surface area (Å²) in [4.78, 5) is 16.4. The van der Waals surface area contributed by atoms with Gasteiger partial charge in [-0.3, -0.25) is 4.90 Å². The first kappa shape index (κ1) is 17.1. The second kappa shape index (κ2) is 7.03. The summed E-state index contributed by atoms with van der Waals surface area (Å²) >= 11 is 6.04. The van der Waals surface area contributed by atoms with Crippen molar-refractivity contribution < 1.29 is 13.9 Å². The Morgan fingerprint density at radius 3 is 2.84 bits per heavy atom. The molecule has 0 saturated heterocycles. The molecule has 7 heteroatoms. The third-order valence-corrected chi connectivity index (χ3v) is 4.27. The Balaban J connectivity index is 1.89. The molecule has 0 aliphatic carbocycles. The predicted molar refractivity (Wildman–Crippen MR) is 96.9 cm³/mol. The number of urea groups is 1. The van der Waals surface area contributed by atoms with Crippen molar-refractivity contribution in [2.75, 3.05) is 18.6 Å². The van der Waals surface area contributed by atoms with Crippen LogP contribution in [0, 0.1) is 5.82 Å². The van der Waals surface area contributed by atoms with Crippen molar-refractivity contribution in [2.45, 2.75) is 6.42 Å². The van der Waals surface area contributed by atoms with E-state index in [9.17, 15) is 9.18 Å². The number of aromatic nitrogens is 1. The highest BCUT2D eigenvalue weighted by molar-refractivity contribution is 6.31. The zero-order valence-corrected chi connectivity index (χ0v) is 14.3. The molecule has 0 spiro atoms. The standard InChI is InChI=1S/C18H17ClFN3O2/c1-25-17-5-2-12(19)8-16(17)23(18(21)24)7-6-11-10-22-15-4-3-13(20)9-14(11)15/h2-5,8-10,22H,6-7H2,1H3,(H2,21,24). The van der Waals surface area contributed by atoms with Gasteiger partial charge < -0.3 is 15.5 Å². The lowest BCUT2D eigenvalue weighted by Crippen LogP contribution is -2.37. The van der Waals surface area contributed by atoms with Gasteiger partial charge in [-0.25, -0.2) is 9.18 Å². The molecule has 0 radical (unpaired) electrons. The molecule has 0 fully saturated rings. The third kappa shape index (κ3) is 3.53. The van der Waals surface area contributed by atoms with Gasteiger partial charge in [0.15, 0.2) is 0 Å². The molecule has 2 amide bonds. The van der Waals surface area contributed by atoms with Gasteiger partial charge in [-0.15, -0.1) is 0 Å². The van der Waals surface area contributed by atoms with Crippen LogP contribution >= 0.6 is 11.6 Å². The monoisotopic (exact) mass is 361 g/mol. The molecule has 0 aliphatic rings. The lowest BCUT2D eigenvalue weighted by atomic mass is 10.1. The minimum Gasteiger partial charge on any atom is -0.495 e. The molecule has 3 N–H and O–H groups in total. The molecule has 0 saturated carbocycles. The number of carbonyl (C=O) groups is 1. The quantitative estimate of drug-likeness (QED) is 0.718. The van der Waals surface area contributed by atoms with Gasteiger partial charge in [0.1, 0.15) is 11.6 Å². The van der Waals surface area contributed by atoms with Gasteiger partial charge in [0, 0.05) is 28.7 Å². The van der Waals surface area contributed by atoms with Crippen LogP contribution in [-0.4, -0.2) is 24.7 Å². The second-order valence-corrected chi connectivity index (χ2v) is 6.00. The topological polar surface area (TPSA) is 71.3 Å². The maximum atomic E-state index is 13.5. The zero-order chi connectivity index (χ0) is 18.0. The Morgan fingerprint density at radius 2 is 2.12 bits per heavy atom. The minimum atomic E-state index is -0.619. The summed E-state index contributed by atoms with van der Waals surface area (Å²) in [6.45, 7) is 0.301. The SMILES string of the molecule is COc1ccc(Cl)cc1N(CCc1c[nH]c2ccc(F)cc12)C(N)=O. The van der Waals surface area contributed by atoms with Crippen LogP contribution < -0.4 is 15.4 Å². The van der Waals surface area contributed by atoms with E-state index in [0.717, 1.165) is 16.5 Å². The van der Waals surface area contributed by atoms with Crippen LogP contribution in [-0.2, 0) is 6.42 Å². The van der Waals surface area contributed by atoms with E-state index in [1.165, 1.54) is 24.1 Å². The normalized spacial score (nSPS) is 10.8. The highest BCUT2D eigenvalue weighted by atomic mass is 35.5. The summed E-state index contributed by atoms with van der Waals surface area (Å²) in [5, 5.41) is 1.25. The van der Waals surface area contributed by atoms with Gasteiger partial charge in [0.25, 0.3) is 0 Å². The van der Waals surface area contributed by atoms with Crippen molar-refractivity contribution >= 4 is 34.2 Å². The first-order valence-electron chi connectivity index (χ1n) is 7.65. The van der Waals surface area contributed by atoms with Gasteiger partial charge in [-0.2, -0.15) is 0 Å². The number of halogens is 2. The summed E-state index contributed by atoms with van der Waals surface area (Å²) in [7, 11) is 1.51. The highest BCUT2D eigenvalue weighted by Gasteiger charge is 2.18. The average Bonchev–Trinajstić information content (AvgIpc) is 2.97. The number of benzene rings is 2.